The molecule has 0 saturated heterocycles. The van der Waals surface area contributed by atoms with Gasteiger partial charge in [0.05, 0.1) is 5.60 Å². The van der Waals surface area contributed by atoms with Crippen molar-refractivity contribution in [2.45, 2.75) is 32.8 Å². The predicted molar refractivity (Wildman–Crippen MR) is 62.3 cm³/mol. The summed E-state index contributed by atoms with van der Waals surface area (Å²) in [7, 11) is -0.781. The second-order valence-electron chi connectivity index (χ2n) is 4.38. The summed E-state index contributed by atoms with van der Waals surface area (Å²) in [6.07, 6.45) is 2.40. The Bertz CT molecular complexity index is 223. The van der Waals surface area contributed by atoms with Crippen LogP contribution >= 0.6 is 0 Å². The van der Waals surface area contributed by atoms with E-state index in [9.17, 15) is 9.00 Å². The van der Waals surface area contributed by atoms with E-state index in [1.807, 2.05) is 20.8 Å². The Hall–Kier alpha value is -0.420. The normalized spacial score (nSPS) is 13.6. The first kappa shape index (κ1) is 14.6. The Morgan fingerprint density at radius 2 is 2.00 bits per heavy atom. The van der Waals surface area contributed by atoms with Crippen molar-refractivity contribution in [3.8, 4) is 0 Å². The molecule has 0 rings (SSSR count). The minimum Gasteiger partial charge on any atom is -0.366 e. The zero-order chi connectivity index (χ0) is 11.9. The van der Waals surface area contributed by atoms with Crippen molar-refractivity contribution < 1.29 is 13.7 Å². The van der Waals surface area contributed by atoms with Crippen molar-refractivity contribution in [3.05, 3.63) is 0 Å². The van der Waals surface area contributed by atoms with Gasteiger partial charge in [0.25, 0.3) is 0 Å². The van der Waals surface area contributed by atoms with E-state index in [-0.39, 0.29) is 18.1 Å². The number of hydrogen-bond acceptors (Lipinski definition) is 3. The van der Waals surface area contributed by atoms with E-state index in [1.165, 1.54) is 0 Å². The third-order valence-corrected chi connectivity index (χ3v) is 2.43. The lowest BCUT2D eigenvalue weighted by Gasteiger charge is -2.18. The molecule has 0 spiro atoms. The third-order valence-electron chi connectivity index (χ3n) is 1.57. The van der Waals surface area contributed by atoms with Crippen LogP contribution in [0.3, 0.4) is 0 Å². The molecule has 0 aromatic carbocycles. The molecule has 15 heavy (non-hydrogen) atoms. The zero-order valence-corrected chi connectivity index (χ0v) is 10.8. The maximum Gasteiger partial charge on any atom is 0.246 e. The molecule has 0 heterocycles. The number of ether oxygens (including phenoxy) is 1. The van der Waals surface area contributed by atoms with Gasteiger partial charge in [0, 0.05) is 29.4 Å². The van der Waals surface area contributed by atoms with Gasteiger partial charge in [-0.2, -0.15) is 0 Å². The fourth-order valence-electron chi connectivity index (χ4n) is 0.836. The minimum atomic E-state index is -0.781. The first-order valence-corrected chi connectivity index (χ1v) is 6.74. The highest BCUT2D eigenvalue weighted by Gasteiger charge is 2.12. The largest absolute Gasteiger partial charge is 0.366 e. The number of rotatable bonds is 6. The fourth-order valence-corrected chi connectivity index (χ4v) is 1.39. The van der Waals surface area contributed by atoms with Crippen LogP contribution in [-0.4, -0.2) is 40.9 Å². The zero-order valence-electron chi connectivity index (χ0n) is 9.96. The van der Waals surface area contributed by atoms with Gasteiger partial charge in [-0.15, -0.1) is 0 Å². The van der Waals surface area contributed by atoms with Crippen LogP contribution in [0.1, 0.15) is 27.2 Å². The first-order chi connectivity index (χ1) is 6.81. The van der Waals surface area contributed by atoms with Crippen molar-refractivity contribution in [1.29, 1.82) is 0 Å². The van der Waals surface area contributed by atoms with E-state index in [2.05, 4.69) is 5.32 Å². The van der Waals surface area contributed by atoms with Crippen LogP contribution in [0.25, 0.3) is 0 Å². The number of carbonyl (C=O) groups excluding carboxylic acids is 1. The van der Waals surface area contributed by atoms with Crippen molar-refractivity contribution in [2.24, 2.45) is 0 Å². The molecule has 0 aromatic rings. The SMILES string of the molecule is CS(=O)CCCNC(=O)COC(C)(C)C. The molecule has 0 fully saturated rings. The summed E-state index contributed by atoms with van der Waals surface area (Å²) < 4.78 is 16.0. The van der Waals surface area contributed by atoms with Gasteiger partial charge in [-0.1, -0.05) is 0 Å². The average molecular weight is 235 g/mol. The molecule has 1 amide bonds. The summed E-state index contributed by atoms with van der Waals surface area (Å²) in [6.45, 7) is 6.35. The predicted octanol–water partition coefficient (Wildman–Crippen LogP) is 0.686. The van der Waals surface area contributed by atoms with Gasteiger partial charge in [-0.25, -0.2) is 0 Å². The van der Waals surface area contributed by atoms with E-state index >= 15 is 0 Å². The van der Waals surface area contributed by atoms with Crippen LogP contribution in [0.5, 0.6) is 0 Å². The van der Waals surface area contributed by atoms with Crippen molar-refractivity contribution >= 4 is 16.7 Å². The lowest BCUT2D eigenvalue weighted by Crippen LogP contribution is -2.32. The average Bonchev–Trinajstić information content (AvgIpc) is 2.07. The molecular weight excluding hydrogens is 214 g/mol. The smallest absolute Gasteiger partial charge is 0.246 e. The monoisotopic (exact) mass is 235 g/mol. The highest BCUT2D eigenvalue weighted by atomic mass is 32.2. The van der Waals surface area contributed by atoms with Gasteiger partial charge in [0.1, 0.15) is 6.61 Å². The third kappa shape index (κ3) is 11.5. The summed E-state index contributed by atoms with van der Waals surface area (Å²) in [5.41, 5.74) is -0.289. The number of hydrogen-bond donors (Lipinski definition) is 1. The highest BCUT2D eigenvalue weighted by molar-refractivity contribution is 7.84. The Morgan fingerprint density at radius 1 is 1.40 bits per heavy atom. The van der Waals surface area contributed by atoms with Gasteiger partial charge >= 0.3 is 0 Å². The Morgan fingerprint density at radius 3 is 2.47 bits per heavy atom. The van der Waals surface area contributed by atoms with Gasteiger partial charge in [-0.05, 0) is 27.2 Å². The van der Waals surface area contributed by atoms with Gasteiger partial charge < -0.3 is 10.1 Å². The van der Waals surface area contributed by atoms with Crippen LogP contribution in [0, 0.1) is 0 Å². The Balaban J connectivity index is 3.46. The molecule has 90 valence electrons. The van der Waals surface area contributed by atoms with Crippen LogP contribution < -0.4 is 5.32 Å². The molecule has 5 heteroatoms. The molecule has 4 nitrogen and oxygen atoms in total. The summed E-state index contributed by atoms with van der Waals surface area (Å²) in [4.78, 5) is 11.2. The van der Waals surface area contributed by atoms with E-state index in [4.69, 9.17) is 4.74 Å². The summed E-state index contributed by atoms with van der Waals surface area (Å²) in [6, 6.07) is 0. The number of amides is 1. The molecule has 0 aliphatic carbocycles. The highest BCUT2D eigenvalue weighted by Crippen LogP contribution is 2.05. The Kier molecular flexibility index (Phi) is 6.76. The molecule has 1 unspecified atom stereocenters. The summed E-state index contributed by atoms with van der Waals surface area (Å²) in [5.74, 6) is 0.507. The van der Waals surface area contributed by atoms with Gasteiger partial charge in [-0.3, -0.25) is 9.00 Å². The summed E-state index contributed by atoms with van der Waals surface area (Å²) in [5, 5.41) is 2.71. The standard InChI is InChI=1S/C10H21NO3S/c1-10(2,3)14-8-9(12)11-6-5-7-15(4)13/h5-8H2,1-4H3,(H,11,12). The van der Waals surface area contributed by atoms with E-state index in [0.29, 0.717) is 12.3 Å². The van der Waals surface area contributed by atoms with E-state index < -0.39 is 10.8 Å². The fraction of sp³-hybridized carbons (Fsp3) is 0.900. The van der Waals surface area contributed by atoms with Gasteiger partial charge in [0.2, 0.25) is 5.91 Å². The lowest BCUT2D eigenvalue weighted by atomic mass is 10.2. The molecule has 0 saturated carbocycles. The second kappa shape index (κ2) is 6.95. The maximum absolute atomic E-state index is 11.2. The van der Waals surface area contributed by atoms with Crippen molar-refractivity contribution in [1.82, 2.24) is 5.32 Å². The molecule has 1 atom stereocenters. The van der Waals surface area contributed by atoms with Crippen molar-refractivity contribution in [3.63, 3.8) is 0 Å². The minimum absolute atomic E-state index is 0.0821. The Labute approximate surface area is 94.2 Å². The van der Waals surface area contributed by atoms with Crippen LogP contribution in [0.15, 0.2) is 0 Å². The molecule has 0 radical (unpaired) electrons. The van der Waals surface area contributed by atoms with Crippen LogP contribution in [0.4, 0.5) is 0 Å². The van der Waals surface area contributed by atoms with E-state index in [1.54, 1.807) is 6.26 Å². The molecule has 0 aromatic heterocycles. The van der Waals surface area contributed by atoms with E-state index in [0.717, 1.165) is 6.42 Å². The molecule has 0 aliphatic heterocycles. The number of carbonyl (C=O) groups is 1. The molecule has 1 N–H and O–H groups in total. The quantitative estimate of drug-likeness (QED) is 0.689. The maximum atomic E-state index is 11.2. The first-order valence-electron chi connectivity index (χ1n) is 5.02. The molecule has 0 aliphatic rings. The molecular formula is C10H21NO3S. The molecule has 0 bridgehead atoms. The van der Waals surface area contributed by atoms with Crippen LogP contribution in [-0.2, 0) is 20.3 Å². The second-order valence-corrected chi connectivity index (χ2v) is 5.94. The van der Waals surface area contributed by atoms with Gasteiger partial charge in [0.15, 0.2) is 0 Å². The lowest BCUT2D eigenvalue weighted by molar-refractivity contribution is -0.130. The van der Waals surface area contributed by atoms with Crippen molar-refractivity contribution in [2.75, 3.05) is 25.2 Å². The topological polar surface area (TPSA) is 55.4 Å². The van der Waals surface area contributed by atoms with Crippen LogP contribution in [0.2, 0.25) is 0 Å². The summed E-state index contributed by atoms with van der Waals surface area (Å²) >= 11 is 0. The number of nitrogens with one attached hydrogen (secondary N) is 1.